The lowest BCUT2D eigenvalue weighted by Crippen LogP contribution is -2.59. The Morgan fingerprint density at radius 1 is 0.241 bits per heavy atom. The van der Waals surface area contributed by atoms with E-state index in [4.69, 9.17) is 15.0 Å². The van der Waals surface area contributed by atoms with Crippen LogP contribution in [-0.4, -0.2) is 30.8 Å². The van der Waals surface area contributed by atoms with E-state index in [-0.39, 0.29) is 6.71 Å². The van der Waals surface area contributed by atoms with Gasteiger partial charge in [-0.2, -0.15) is 0 Å². The molecule has 0 unspecified atom stereocenters. The molecular weight excluding hydrogens is 1050 g/mol. The third-order valence-corrected chi connectivity index (χ3v) is 18.1. The van der Waals surface area contributed by atoms with E-state index in [9.17, 15) is 0 Å². The van der Waals surface area contributed by atoms with E-state index in [0.29, 0.717) is 17.5 Å². The number of hydrogen-bond donors (Lipinski definition) is 0. The van der Waals surface area contributed by atoms with Crippen molar-refractivity contribution in [3.63, 3.8) is 0 Å². The van der Waals surface area contributed by atoms with Gasteiger partial charge in [0, 0.05) is 60.6 Å². The highest BCUT2D eigenvalue weighted by molar-refractivity contribution is 7.00. The van der Waals surface area contributed by atoms with E-state index in [1.165, 1.54) is 82.3 Å². The van der Waals surface area contributed by atoms with Crippen LogP contribution in [0.1, 0.15) is 0 Å². The summed E-state index contributed by atoms with van der Waals surface area (Å²) in [5, 5.41) is 4.82. The molecule has 6 heteroatoms. The lowest BCUT2D eigenvalue weighted by Gasteiger charge is -2.34. The second-order valence-corrected chi connectivity index (χ2v) is 23.0. The second-order valence-electron chi connectivity index (χ2n) is 23.0. The highest BCUT2D eigenvalue weighted by Crippen LogP contribution is 2.48. The van der Waals surface area contributed by atoms with Crippen LogP contribution in [0.4, 0.5) is 0 Å². The van der Waals surface area contributed by atoms with Gasteiger partial charge in [0.2, 0.25) is 0 Å². The lowest BCUT2D eigenvalue weighted by atomic mass is 9.34. The summed E-state index contributed by atoms with van der Waals surface area (Å²) >= 11 is 0. The number of hydrogen-bond acceptors (Lipinski definition) is 3. The zero-order chi connectivity index (χ0) is 57.1. The number of nitrogens with zero attached hydrogens (tertiary/aromatic N) is 5. The SMILES string of the molecule is c1ccc(-c2cc3c4c(c2)c2c(-c5ccccc5)cc(-c5ccccc5)cc2n4-c2cc(-c4nc(-c5ccccc5)nc(-c5ccccc5)n4)cc4c2B3c2cc(-c3ccccc3)cc3c5c(-c6ccccc6)cc(-c6ccccc6)cc5n-4c23)cc1. The molecule has 2 aliphatic rings. The molecule has 2 aliphatic heterocycles. The molecule has 87 heavy (non-hydrogen) atoms. The summed E-state index contributed by atoms with van der Waals surface area (Å²) in [4.78, 5) is 16.3. The highest BCUT2D eigenvalue weighted by atomic mass is 15.1. The van der Waals surface area contributed by atoms with Crippen LogP contribution in [0.3, 0.4) is 0 Å². The van der Waals surface area contributed by atoms with Gasteiger partial charge in [0.15, 0.2) is 17.5 Å². The van der Waals surface area contributed by atoms with Crippen LogP contribution in [0.5, 0.6) is 0 Å². The van der Waals surface area contributed by atoms with Gasteiger partial charge < -0.3 is 9.13 Å². The monoisotopic (exact) mass is 1100 g/mol. The van der Waals surface area contributed by atoms with Gasteiger partial charge in [-0.25, -0.2) is 15.0 Å². The zero-order valence-corrected chi connectivity index (χ0v) is 47.2. The normalized spacial score (nSPS) is 12.1. The smallest absolute Gasteiger partial charge is 0.252 e. The topological polar surface area (TPSA) is 48.5 Å². The minimum absolute atomic E-state index is 0.212. The molecule has 3 aromatic heterocycles. The Morgan fingerprint density at radius 2 is 0.529 bits per heavy atom. The minimum Gasteiger partial charge on any atom is -0.310 e. The summed E-state index contributed by atoms with van der Waals surface area (Å²) in [6.45, 7) is -0.212. The molecule has 0 atom stereocenters. The fourth-order valence-electron chi connectivity index (χ4n) is 14.3. The standard InChI is InChI=1S/C81H50BN5/c1-9-25-51(26-10-1)59-43-66-74-64(55-33-17-5-18-34-55)41-61(53-29-13-3-14-30-53)47-70(74)86-72-49-63(81-84-79(57-37-21-7-22-38-57)83-80(85-81)58-39-23-8-24-40-58)50-73-76(72)82(68(45-59)77(66)86)69-46-60(52-27-11-2-12-28-52)44-67-75-65(56-35-19-6-20-36-56)42-62(54-31-15-4-16-32-54)48-71(75)87(73)78(67)69/h1-50H. The molecule has 0 spiro atoms. The number of fused-ring (bicyclic) bond motifs is 10. The molecule has 0 saturated carbocycles. The summed E-state index contributed by atoms with van der Waals surface area (Å²) in [6, 6.07) is 111. The van der Waals surface area contributed by atoms with Crippen LogP contribution in [0, 0.1) is 0 Å². The summed E-state index contributed by atoms with van der Waals surface area (Å²) in [5.41, 5.74) is 27.3. The van der Waals surface area contributed by atoms with Crippen molar-refractivity contribution in [2.24, 2.45) is 0 Å². The van der Waals surface area contributed by atoms with Gasteiger partial charge in [-0.05, 0) is 132 Å². The molecule has 18 rings (SSSR count). The van der Waals surface area contributed by atoms with Gasteiger partial charge in [0.05, 0.1) is 11.0 Å². The predicted molar refractivity (Wildman–Crippen MR) is 362 cm³/mol. The van der Waals surface area contributed by atoms with Crippen molar-refractivity contribution in [1.29, 1.82) is 0 Å². The van der Waals surface area contributed by atoms with Crippen molar-refractivity contribution < 1.29 is 0 Å². The van der Waals surface area contributed by atoms with E-state index in [0.717, 1.165) is 72.5 Å². The molecule has 402 valence electrons. The van der Waals surface area contributed by atoms with Crippen molar-refractivity contribution in [1.82, 2.24) is 24.1 Å². The van der Waals surface area contributed by atoms with Crippen LogP contribution in [-0.2, 0) is 0 Å². The Morgan fingerprint density at radius 3 is 0.862 bits per heavy atom. The van der Waals surface area contributed by atoms with Gasteiger partial charge >= 0.3 is 0 Å². The number of rotatable bonds is 9. The Kier molecular flexibility index (Phi) is 11.0. The molecule has 5 nitrogen and oxygen atoms in total. The third kappa shape index (κ3) is 7.78. The zero-order valence-electron chi connectivity index (χ0n) is 47.2. The Hall–Kier alpha value is -11.5. The molecule has 0 radical (unpaired) electrons. The average molecular weight is 1100 g/mol. The maximum Gasteiger partial charge on any atom is 0.252 e. The summed E-state index contributed by atoms with van der Waals surface area (Å²) < 4.78 is 5.23. The van der Waals surface area contributed by atoms with Gasteiger partial charge in [-0.15, -0.1) is 0 Å². The van der Waals surface area contributed by atoms with Gasteiger partial charge in [0.25, 0.3) is 6.71 Å². The first-order valence-corrected chi connectivity index (χ1v) is 29.9. The van der Waals surface area contributed by atoms with E-state index in [2.05, 4.69) is 300 Å². The molecule has 13 aromatic carbocycles. The number of aromatic nitrogens is 5. The summed E-state index contributed by atoms with van der Waals surface area (Å²) in [6.07, 6.45) is 0. The molecule has 5 heterocycles. The van der Waals surface area contributed by atoms with Crippen LogP contribution in [0.2, 0.25) is 0 Å². The Balaban J connectivity index is 1.06. The lowest BCUT2D eigenvalue weighted by molar-refractivity contribution is 1.07. The fourth-order valence-corrected chi connectivity index (χ4v) is 14.3. The fraction of sp³-hybridized carbons (Fsp3) is 0. The van der Waals surface area contributed by atoms with Gasteiger partial charge in [-0.3, -0.25) is 0 Å². The van der Waals surface area contributed by atoms with Crippen molar-refractivity contribution in [2.45, 2.75) is 0 Å². The van der Waals surface area contributed by atoms with E-state index in [1.807, 2.05) is 12.1 Å². The van der Waals surface area contributed by atoms with Gasteiger partial charge in [-0.1, -0.05) is 255 Å². The first-order valence-electron chi connectivity index (χ1n) is 29.9. The Bertz CT molecular complexity index is 5070. The van der Waals surface area contributed by atoms with Crippen molar-refractivity contribution in [2.75, 3.05) is 0 Å². The van der Waals surface area contributed by atoms with Crippen LogP contribution in [0.15, 0.2) is 303 Å². The molecule has 0 fully saturated rings. The third-order valence-electron chi connectivity index (χ3n) is 18.1. The van der Waals surface area contributed by atoms with Crippen LogP contribution >= 0.6 is 0 Å². The molecule has 0 amide bonds. The van der Waals surface area contributed by atoms with Crippen molar-refractivity contribution in [3.8, 4) is 112 Å². The molecule has 0 bridgehead atoms. The maximum atomic E-state index is 5.51. The summed E-state index contributed by atoms with van der Waals surface area (Å²) in [5.74, 6) is 1.83. The first kappa shape index (κ1) is 49.0. The largest absolute Gasteiger partial charge is 0.310 e. The predicted octanol–water partition coefficient (Wildman–Crippen LogP) is 18.2. The highest BCUT2D eigenvalue weighted by Gasteiger charge is 2.43. The van der Waals surface area contributed by atoms with Crippen LogP contribution in [0.25, 0.3) is 156 Å². The van der Waals surface area contributed by atoms with Crippen molar-refractivity contribution >= 4 is 66.7 Å². The van der Waals surface area contributed by atoms with Crippen molar-refractivity contribution in [3.05, 3.63) is 303 Å². The molecule has 0 aliphatic carbocycles. The van der Waals surface area contributed by atoms with E-state index < -0.39 is 0 Å². The first-order chi connectivity index (χ1) is 43.1. The van der Waals surface area contributed by atoms with Gasteiger partial charge in [0.1, 0.15) is 0 Å². The minimum atomic E-state index is -0.212. The van der Waals surface area contributed by atoms with E-state index >= 15 is 0 Å². The quantitative estimate of drug-likeness (QED) is 0.135. The van der Waals surface area contributed by atoms with Crippen LogP contribution < -0.4 is 16.4 Å². The molecule has 16 aromatic rings. The van der Waals surface area contributed by atoms with E-state index in [1.54, 1.807) is 0 Å². The molecular formula is C81H50BN5. The summed E-state index contributed by atoms with van der Waals surface area (Å²) in [7, 11) is 0. The second kappa shape index (κ2) is 19.6. The molecule has 0 saturated heterocycles. The number of benzene rings is 13. The Labute approximate surface area is 503 Å². The average Bonchev–Trinajstić information content (AvgIpc) is 1.59. The molecule has 0 N–H and O–H groups in total. The maximum absolute atomic E-state index is 5.51.